The Morgan fingerprint density at radius 1 is 1.29 bits per heavy atom. The second-order valence-corrected chi connectivity index (χ2v) is 7.44. The van der Waals surface area contributed by atoms with Gasteiger partial charge >= 0.3 is 0 Å². The lowest BCUT2D eigenvalue weighted by Gasteiger charge is -2.56. The normalized spacial score (nSPS) is 28.2. The number of fused-ring (bicyclic) bond motifs is 2. The molecular formula is C16H20Cl2N2O4. The third kappa shape index (κ3) is 2.97. The van der Waals surface area contributed by atoms with E-state index in [0.717, 1.165) is 6.42 Å². The number of hydrogen-bond acceptors (Lipinski definition) is 5. The first-order chi connectivity index (χ1) is 11.3. The number of nitrogens with zero attached hydrogens (tertiary/aromatic N) is 1. The Labute approximate surface area is 149 Å². The number of aromatic hydroxyl groups is 1. The number of hydrogen-bond donors (Lipinski definition) is 4. The first-order valence-corrected chi connectivity index (χ1v) is 8.60. The van der Waals surface area contributed by atoms with E-state index in [4.69, 9.17) is 34.0 Å². The van der Waals surface area contributed by atoms with Gasteiger partial charge in [-0.05, 0) is 30.2 Å². The van der Waals surface area contributed by atoms with Crippen LogP contribution in [0.1, 0.15) is 18.0 Å². The molecule has 1 amide bonds. The Kier molecular flexibility index (Phi) is 4.95. The summed E-state index contributed by atoms with van der Waals surface area (Å²) in [7, 11) is 0. The number of piperidine rings is 2. The predicted molar refractivity (Wildman–Crippen MR) is 89.8 cm³/mol. The van der Waals surface area contributed by atoms with Crippen molar-refractivity contribution in [1.29, 1.82) is 0 Å². The van der Waals surface area contributed by atoms with E-state index in [1.54, 1.807) is 11.0 Å². The monoisotopic (exact) mass is 374 g/mol. The van der Waals surface area contributed by atoms with Gasteiger partial charge in [0.2, 0.25) is 0 Å². The molecule has 3 rings (SSSR count). The number of likely N-dealkylation sites (tertiary alicyclic amines) is 1. The van der Waals surface area contributed by atoms with E-state index in [1.165, 1.54) is 6.07 Å². The molecule has 0 radical (unpaired) electrons. The Bertz CT molecular complexity index is 645. The first kappa shape index (κ1) is 17.8. The van der Waals surface area contributed by atoms with Crippen LogP contribution < -0.4 is 5.73 Å². The van der Waals surface area contributed by atoms with Crippen LogP contribution in [-0.2, 0) is 4.79 Å². The lowest BCUT2D eigenvalue weighted by molar-refractivity contribution is -0.154. The van der Waals surface area contributed by atoms with Crippen LogP contribution in [0.5, 0.6) is 5.75 Å². The molecule has 0 aromatic heterocycles. The van der Waals surface area contributed by atoms with Crippen molar-refractivity contribution in [3.05, 3.63) is 27.7 Å². The molecule has 6 nitrogen and oxygen atoms in total. The van der Waals surface area contributed by atoms with E-state index < -0.39 is 24.7 Å². The van der Waals surface area contributed by atoms with E-state index in [-0.39, 0.29) is 28.5 Å². The Balaban J connectivity index is 1.73. The number of carbonyl (C=O) groups excluding carboxylic acids is 1. The van der Waals surface area contributed by atoms with Gasteiger partial charge in [-0.15, -0.1) is 0 Å². The SMILES string of the molecule is NC(c1cc(Cl)c(Cl)cc1O)C1C2CC1CN(C(=O)[C@H](O)CO)C2. The lowest BCUT2D eigenvalue weighted by atomic mass is 9.58. The second-order valence-electron chi connectivity index (χ2n) is 6.63. The van der Waals surface area contributed by atoms with Crippen LogP contribution in [0.15, 0.2) is 12.1 Å². The van der Waals surface area contributed by atoms with Crippen molar-refractivity contribution in [2.24, 2.45) is 23.5 Å². The molecule has 2 fully saturated rings. The van der Waals surface area contributed by atoms with Crippen LogP contribution in [0.25, 0.3) is 0 Å². The first-order valence-electron chi connectivity index (χ1n) is 7.84. The smallest absolute Gasteiger partial charge is 0.253 e. The van der Waals surface area contributed by atoms with Gasteiger partial charge in [-0.3, -0.25) is 4.79 Å². The topological polar surface area (TPSA) is 107 Å². The summed E-state index contributed by atoms with van der Waals surface area (Å²) in [5.41, 5.74) is 6.92. The van der Waals surface area contributed by atoms with Crippen LogP contribution in [0, 0.1) is 17.8 Å². The van der Waals surface area contributed by atoms with Crippen LogP contribution in [0.3, 0.4) is 0 Å². The predicted octanol–water partition coefficient (Wildman–Crippen LogP) is 1.15. The Morgan fingerprint density at radius 3 is 2.46 bits per heavy atom. The standard InChI is InChI=1S/C16H20Cl2N2O4/c17-10-2-9(12(22)3-11(10)18)15(19)14-7-1-8(14)5-20(4-7)16(24)13(23)6-21/h2-3,7-8,13-15,21-23H,1,4-6,19H2/t7?,8?,13-,14?,15?/m1/s1. The maximum Gasteiger partial charge on any atom is 0.253 e. The number of phenolic OH excluding ortho intramolecular Hbond substituents is 1. The quantitative estimate of drug-likeness (QED) is 0.632. The third-order valence-electron chi connectivity index (χ3n) is 5.22. The number of aliphatic hydroxyl groups is 2. The molecule has 8 heteroatoms. The van der Waals surface area contributed by atoms with Gasteiger partial charge in [0.05, 0.1) is 16.7 Å². The molecule has 1 saturated carbocycles. The van der Waals surface area contributed by atoms with Gasteiger partial charge in [-0.2, -0.15) is 0 Å². The maximum absolute atomic E-state index is 12.0. The van der Waals surface area contributed by atoms with Crippen LogP contribution in [0.4, 0.5) is 0 Å². The highest BCUT2D eigenvalue weighted by Gasteiger charge is 2.51. The van der Waals surface area contributed by atoms with Crippen molar-refractivity contribution in [2.45, 2.75) is 18.6 Å². The number of rotatable bonds is 4. The van der Waals surface area contributed by atoms with Crippen LogP contribution in [0.2, 0.25) is 10.0 Å². The van der Waals surface area contributed by atoms with Gasteiger partial charge < -0.3 is 26.0 Å². The zero-order chi connectivity index (χ0) is 17.6. The van der Waals surface area contributed by atoms with Crippen LogP contribution in [-0.4, -0.2) is 51.9 Å². The van der Waals surface area contributed by atoms with Gasteiger partial charge in [-0.25, -0.2) is 0 Å². The van der Waals surface area contributed by atoms with E-state index >= 15 is 0 Å². The van der Waals surface area contributed by atoms with Gasteiger partial charge in [0.25, 0.3) is 5.91 Å². The van der Waals surface area contributed by atoms with E-state index in [1.807, 2.05) is 0 Å². The molecule has 1 aliphatic carbocycles. The molecule has 132 valence electrons. The summed E-state index contributed by atoms with van der Waals surface area (Å²) in [6.45, 7) is 0.407. The van der Waals surface area contributed by atoms with Gasteiger partial charge in [0.1, 0.15) is 5.75 Å². The fourth-order valence-corrected chi connectivity index (χ4v) is 4.34. The molecule has 3 unspecified atom stereocenters. The largest absolute Gasteiger partial charge is 0.508 e. The number of aliphatic hydroxyl groups excluding tert-OH is 2. The molecule has 4 atom stereocenters. The summed E-state index contributed by atoms with van der Waals surface area (Å²) in [6, 6.07) is 2.58. The average molecular weight is 375 g/mol. The minimum atomic E-state index is -1.37. The van der Waals surface area contributed by atoms with Gasteiger partial charge in [0, 0.05) is 30.8 Å². The summed E-state index contributed by atoms with van der Waals surface area (Å²) < 4.78 is 0. The fourth-order valence-electron chi connectivity index (χ4n) is 4.01. The molecule has 1 saturated heterocycles. The summed E-state index contributed by atoms with van der Waals surface area (Å²) >= 11 is 11.9. The summed E-state index contributed by atoms with van der Waals surface area (Å²) in [5.74, 6) is 0.0930. The van der Waals surface area contributed by atoms with Crippen molar-refractivity contribution < 1.29 is 20.1 Å². The highest BCUT2D eigenvalue weighted by molar-refractivity contribution is 6.42. The molecule has 1 aromatic carbocycles. The van der Waals surface area contributed by atoms with Crippen molar-refractivity contribution in [3.63, 3.8) is 0 Å². The summed E-state index contributed by atoms with van der Waals surface area (Å²) in [4.78, 5) is 13.6. The van der Waals surface area contributed by atoms with Gasteiger partial charge in [-0.1, -0.05) is 23.2 Å². The van der Waals surface area contributed by atoms with Crippen molar-refractivity contribution in [3.8, 4) is 5.75 Å². The summed E-state index contributed by atoms with van der Waals surface area (Å²) in [6.07, 6.45) is -0.409. The number of benzene rings is 1. The van der Waals surface area contributed by atoms with Crippen LogP contribution >= 0.6 is 23.2 Å². The summed E-state index contributed by atoms with van der Waals surface area (Å²) in [5, 5.41) is 29.1. The number of phenols is 1. The van der Waals surface area contributed by atoms with E-state index in [0.29, 0.717) is 23.7 Å². The van der Waals surface area contributed by atoms with Gasteiger partial charge in [0.15, 0.2) is 6.10 Å². The van der Waals surface area contributed by atoms with E-state index in [9.17, 15) is 15.0 Å². The number of carbonyl (C=O) groups is 1. The average Bonchev–Trinajstić information content (AvgIpc) is 2.56. The Morgan fingerprint density at radius 2 is 1.88 bits per heavy atom. The lowest BCUT2D eigenvalue weighted by Crippen LogP contribution is -2.60. The maximum atomic E-state index is 12.0. The minimum absolute atomic E-state index is 0.0190. The number of halogens is 2. The molecule has 2 aliphatic rings. The second kappa shape index (κ2) is 6.69. The Hall–Kier alpha value is -1.05. The number of amides is 1. The molecule has 24 heavy (non-hydrogen) atoms. The molecule has 0 spiro atoms. The molecule has 1 heterocycles. The minimum Gasteiger partial charge on any atom is -0.508 e. The fraction of sp³-hybridized carbons (Fsp3) is 0.562. The van der Waals surface area contributed by atoms with Crippen molar-refractivity contribution in [1.82, 2.24) is 4.90 Å². The number of nitrogens with two attached hydrogens (primary N) is 1. The molecule has 5 N–H and O–H groups in total. The van der Waals surface area contributed by atoms with Crippen molar-refractivity contribution in [2.75, 3.05) is 19.7 Å². The highest BCUT2D eigenvalue weighted by atomic mass is 35.5. The van der Waals surface area contributed by atoms with Crippen molar-refractivity contribution >= 4 is 29.1 Å². The highest BCUT2D eigenvalue weighted by Crippen LogP contribution is 2.52. The van der Waals surface area contributed by atoms with E-state index in [2.05, 4.69) is 0 Å². The molecule has 2 bridgehead atoms. The molecule has 1 aliphatic heterocycles. The molecular weight excluding hydrogens is 355 g/mol. The third-order valence-corrected chi connectivity index (χ3v) is 5.94. The zero-order valence-corrected chi connectivity index (χ0v) is 14.4. The zero-order valence-electron chi connectivity index (χ0n) is 12.9. The molecule has 1 aromatic rings.